The van der Waals surface area contributed by atoms with Crippen LogP contribution in [-0.4, -0.2) is 74.5 Å². The number of hydrogen-bond acceptors (Lipinski definition) is 6. The van der Waals surface area contributed by atoms with E-state index >= 15 is 0 Å². The number of nitrogens with zero attached hydrogens (tertiary/aromatic N) is 2. The molecule has 4 N–H and O–H groups in total. The van der Waals surface area contributed by atoms with Gasteiger partial charge in [0.15, 0.2) is 0 Å². The van der Waals surface area contributed by atoms with Gasteiger partial charge in [0.05, 0.1) is 31.0 Å². The molecule has 1 amide bonds. The Hall–Kier alpha value is -1.74. The lowest BCUT2D eigenvalue weighted by Crippen LogP contribution is -2.65. The second-order valence-corrected chi connectivity index (χ2v) is 9.68. The molecule has 4 heterocycles. The molecule has 7 nitrogen and oxygen atoms in total. The molecule has 4 saturated heterocycles. The number of nitrogens with one attached hydrogen (secondary N) is 2. The van der Waals surface area contributed by atoms with Gasteiger partial charge in [-0.1, -0.05) is 6.07 Å². The van der Waals surface area contributed by atoms with Gasteiger partial charge in [0.25, 0.3) is 0 Å². The van der Waals surface area contributed by atoms with Crippen LogP contribution in [0, 0.1) is 11.7 Å². The molecular formula is C23H34FN5O2. The second kappa shape index (κ2) is 8.65. The van der Waals surface area contributed by atoms with Gasteiger partial charge in [-0.3, -0.25) is 9.69 Å². The van der Waals surface area contributed by atoms with Crippen LogP contribution < -0.4 is 21.3 Å². The highest BCUT2D eigenvalue weighted by atomic mass is 19.1. The maximum Gasteiger partial charge on any atom is 0.241 e. The Balaban J connectivity index is 1.15. The molecule has 1 atom stereocenters. The van der Waals surface area contributed by atoms with Crippen molar-refractivity contribution in [3.8, 4) is 0 Å². The predicted octanol–water partition coefficient (Wildman–Crippen LogP) is 0.822. The summed E-state index contributed by atoms with van der Waals surface area (Å²) in [6.07, 6.45) is 3.59. The van der Waals surface area contributed by atoms with Gasteiger partial charge in [-0.05, 0) is 55.8 Å². The van der Waals surface area contributed by atoms with Crippen molar-refractivity contribution in [1.29, 1.82) is 0 Å². The first-order valence-electron chi connectivity index (χ1n) is 11.7. The molecular weight excluding hydrogens is 397 g/mol. The molecule has 1 aromatic rings. The van der Waals surface area contributed by atoms with Crippen molar-refractivity contribution in [2.24, 2.45) is 11.7 Å². The van der Waals surface area contributed by atoms with E-state index in [0.717, 1.165) is 77.3 Å². The van der Waals surface area contributed by atoms with E-state index in [1.54, 1.807) is 6.07 Å². The van der Waals surface area contributed by atoms with Crippen molar-refractivity contribution in [1.82, 2.24) is 15.5 Å². The van der Waals surface area contributed by atoms with E-state index < -0.39 is 11.7 Å². The molecule has 1 saturated carbocycles. The molecule has 8 heteroatoms. The lowest BCUT2D eigenvalue weighted by Gasteiger charge is -2.46. The Kier molecular flexibility index (Phi) is 5.90. The van der Waals surface area contributed by atoms with Gasteiger partial charge in [0, 0.05) is 38.3 Å². The standard InChI is InChI=1S/C23H34FN5O2/c24-20-12-18(28-7-9-29(10-8-28)19-14-31-15-19)2-1-17(20)11-21(25)27-22(30)23-5-3-16(4-6-23)13-26-23/h1-2,12,16,19,21,26H,3-11,13-15,25H2,(H,27,30)/t16?,21-,23?/m0/s1. The summed E-state index contributed by atoms with van der Waals surface area (Å²) in [6.45, 7) is 6.30. The van der Waals surface area contributed by atoms with E-state index in [1.807, 2.05) is 12.1 Å². The number of benzene rings is 1. The summed E-state index contributed by atoms with van der Waals surface area (Å²) in [5.41, 5.74) is 7.16. The van der Waals surface area contributed by atoms with Gasteiger partial charge in [0.1, 0.15) is 5.82 Å². The molecule has 6 rings (SSSR count). The van der Waals surface area contributed by atoms with Crippen LogP contribution in [0.5, 0.6) is 0 Å². The third-order valence-electron chi connectivity index (χ3n) is 7.73. The average Bonchev–Trinajstić information content (AvgIpc) is 2.76. The first-order valence-corrected chi connectivity index (χ1v) is 11.7. The van der Waals surface area contributed by atoms with Crippen molar-refractivity contribution in [2.75, 3.05) is 50.8 Å². The van der Waals surface area contributed by atoms with Crippen LogP contribution in [-0.2, 0) is 16.0 Å². The molecule has 170 valence electrons. The van der Waals surface area contributed by atoms with E-state index in [0.29, 0.717) is 17.5 Å². The highest BCUT2D eigenvalue weighted by Gasteiger charge is 2.45. The summed E-state index contributed by atoms with van der Waals surface area (Å²) in [5.74, 6) is 0.405. The normalized spacial score (nSPS) is 30.1. The maximum atomic E-state index is 14.8. The molecule has 0 unspecified atom stereocenters. The molecule has 1 aliphatic carbocycles. The Morgan fingerprint density at radius 2 is 2.00 bits per heavy atom. The molecule has 5 aliphatic rings. The molecule has 31 heavy (non-hydrogen) atoms. The van der Waals surface area contributed by atoms with Gasteiger partial charge in [0.2, 0.25) is 5.91 Å². The monoisotopic (exact) mass is 431 g/mol. The largest absolute Gasteiger partial charge is 0.378 e. The summed E-state index contributed by atoms with van der Waals surface area (Å²) in [6, 6.07) is 5.94. The summed E-state index contributed by atoms with van der Waals surface area (Å²) in [5, 5.41) is 6.35. The van der Waals surface area contributed by atoms with Gasteiger partial charge >= 0.3 is 0 Å². The number of rotatable bonds is 6. The van der Waals surface area contributed by atoms with Crippen LogP contribution in [0.15, 0.2) is 18.2 Å². The van der Waals surface area contributed by atoms with E-state index in [1.165, 1.54) is 0 Å². The zero-order valence-corrected chi connectivity index (χ0v) is 18.1. The van der Waals surface area contributed by atoms with Crippen LogP contribution in [0.4, 0.5) is 10.1 Å². The van der Waals surface area contributed by atoms with Crippen LogP contribution in [0.25, 0.3) is 0 Å². The quantitative estimate of drug-likeness (QED) is 0.579. The summed E-state index contributed by atoms with van der Waals surface area (Å²) in [7, 11) is 0. The third kappa shape index (κ3) is 4.31. The Morgan fingerprint density at radius 1 is 1.26 bits per heavy atom. The zero-order valence-electron chi connectivity index (χ0n) is 18.1. The minimum Gasteiger partial charge on any atom is -0.378 e. The van der Waals surface area contributed by atoms with Crippen molar-refractivity contribution >= 4 is 11.6 Å². The van der Waals surface area contributed by atoms with Crippen LogP contribution >= 0.6 is 0 Å². The molecule has 1 aromatic carbocycles. The SMILES string of the molecule is N[C@H](Cc1ccc(N2CCN(C3COC3)CC2)cc1F)NC(=O)C12CCC(CC1)CN2. The van der Waals surface area contributed by atoms with E-state index in [2.05, 4.69) is 20.4 Å². The Bertz CT molecular complexity index is 787. The fourth-order valence-electron chi connectivity index (χ4n) is 5.47. The summed E-state index contributed by atoms with van der Waals surface area (Å²) in [4.78, 5) is 17.5. The number of anilines is 1. The van der Waals surface area contributed by atoms with Crippen LogP contribution in [0.3, 0.4) is 0 Å². The topological polar surface area (TPSA) is 82.9 Å². The zero-order chi connectivity index (χ0) is 21.4. The number of hydrogen-bond donors (Lipinski definition) is 3. The molecule has 0 radical (unpaired) electrons. The number of piperazine rings is 1. The lowest BCUT2D eigenvalue weighted by atomic mass is 9.71. The van der Waals surface area contributed by atoms with Crippen molar-refractivity contribution < 1.29 is 13.9 Å². The number of nitrogens with two attached hydrogens (primary N) is 1. The molecule has 2 bridgehead atoms. The number of carbonyl (C=O) groups is 1. The minimum absolute atomic E-state index is 0.0371. The maximum absolute atomic E-state index is 14.8. The highest BCUT2D eigenvalue weighted by molar-refractivity contribution is 5.87. The highest BCUT2D eigenvalue weighted by Crippen LogP contribution is 2.37. The average molecular weight is 432 g/mol. The number of amides is 1. The number of carbonyl (C=O) groups excluding carboxylic acids is 1. The summed E-state index contributed by atoms with van der Waals surface area (Å²) >= 11 is 0. The smallest absolute Gasteiger partial charge is 0.241 e. The van der Waals surface area contributed by atoms with Crippen LogP contribution in [0.1, 0.15) is 31.2 Å². The summed E-state index contributed by atoms with van der Waals surface area (Å²) < 4.78 is 20.1. The van der Waals surface area contributed by atoms with E-state index in [9.17, 15) is 9.18 Å². The van der Waals surface area contributed by atoms with E-state index in [4.69, 9.17) is 10.5 Å². The lowest BCUT2D eigenvalue weighted by molar-refractivity contribution is -0.132. The van der Waals surface area contributed by atoms with Crippen molar-refractivity contribution in [3.63, 3.8) is 0 Å². The second-order valence-electron chi connectivity index (χ2n) is 9.68. The number of fused-ring (bicyclic) bond motifs is 3. The van der Waals surface area contributed by atoms with Gasteiger partial charge in [-0.15, -0.1) is 0 Å². The Morgan fingerprint density at radius 3 is 2.58 bits per heavy atom. The van der Waals surface area contributed by atoms with E-state index in [-0.39, 0.29) is 18.1 Å². The molecule has 0 aromatic heterocycles. The first-order chi connectivity index (χ1) is 15.0. The molecule has 0 spiro atoms. The third-order valence-corrected chi connectivity index (χ3v) is 7.73. The van der Waals surface area contributed by atoms with Gasteiger partial charge in [-0.25, -0.2) is 4.39 Å². The first kappa shape index (κ1) is 21.1. The molecule has 5 fully saturated rings. The fourth-order valence-corrected chi connectivity index (χ4v) is 5.47. The molecule has 4 aliphatic heterocycles. The number of ether oxygens (including phenoxy) is 1. The van der Waals surface area contributed by atoms with Crippen molar-refractivity contribution in [3.05, 3.63) is 29.6 Å². The fraction of sp³-hybridized carbons (Fsp3) is 0.696. The number of piperidine rings is 2. The Labute approximate surface area is 183 Å². The van der Waals surface area contributed by atoms with Crippen molar-refractivity contribution in [2.45, 2.75) is 49.9 Å². The number of halogens is 1. The van der Waals surface area contributed by atoms with Gasteiger partial charge in [-0.2, -0.15) is 0 Å². The van der Waals surface area contributed by atoms with Crippen LogP contribution in [0.2, 0.25) is 0 Å². The van der Waals surface area contributed by atoms with Gasteiger partial charge < -0.3 is 26.0 Å². The predicted molar refractivity (Wildman–Crippen MR) is 117 cm³/mol. The minimum atomic E-state index is -0.600.